The molecule has 1 N–H and O–H groups in total. The van der Waals surface area contributed by atoms with Gasteiger partial charge in [-0.05, 0) is 13.8 Å². The van der Waals surface area contributed by atoms with E-state index in [1.807, 2.05) is 0 Å². The highest BCUT2D eigenvalue weighted by Crippen LogP contribution is 2.29. The van der Waals surface area contributed by atoms with Crippen LogP contribution in [0.2, 0.25) is 0 Å². The molecule has 2 heterocycles. The van der Waals surface area contributed by atoms with E-state index < -0.39 is 10.0 Å². The highest BCUT2D eigenvalue weighted by Gasteiger charge is 2.30. The van der Waals surface area contributed by atoms with Crippen LogP contribution in [0.15, 0.2) is 21.7 Å². The predicted octanol–water partition coefficient (Wildman–Crippen LogP) is 0.943. The third-order valence-electron chi connectivity index (χ3n) is 3.44. The molecule has 21 heavy (non-hydrogen) atoms. The Bertz CT molecular complexity index is 746. The van der Waals surface area contributed by atoms with Crippen LogP contribution in [-0.2, 0) is 30.2 Å². The highest BCUT2D eigenvalue weighted by atomic mass is 32.2. The summed E-state index contributed by atoms with van der Waals surface area (Å²) >= 11 is 0. The lowest BCUT2D eigenvalue weighted by molar-refractivity contribution is 0.276. The molecule has 0 fully saturated rings. The molecule has 0 amide bonds. The van der Waals surface area contributed by atoms with Crippen LogP contribution in [0.3, 0.4) is 0 Å². The van der Waals surface area contributed by atoms with Gasteiger partial charge in [-0.2, -0.15) is 4.31 Å². The first-order valence-corrected chi connectivity index (χ1v) is 7.85. The van der Waals surface area contributed by atoms with Crippen molar-refractivity contribution in [2.24, 2.45) is 7.05 Å². The van der Waals surface area contributed by atoms with Gasteiger partial charge in [0, 0.05) is 32.1 Å². The lowest BCUT2D eigenvalue weighted by Gasteiger charge is -2.17. The van der Waals surface area contributed by atoms with E-state index >= 15 is 0 Å². The quantitative estimate of drug-likeness (QED) is 0.887. The highest BCUT2D eigenvalue weighted by molar-refractivity contribution is 7.89. The minimum absolute atomic E-state index is 0.0409. The standard InChI is InChI=1S/C13H19N3O4S/c1-9-11(8-17)13(10(2)20-9)21(18,19)16(4)7-12-14-5-6-15(12)3/h5-6,17H,7-8H2,1-4H3. The van der Waals surface area contributed by atoms with Gasteiger partial charge in [0.2, 0.25) is 10.0 Å². The lowest BCUT2D eigenvalue weighted by atomic mass is 10.2. The van der Waals surface area contributed by atoms with Crippen molar-refractivity contribution < 1.29 is 17.9 Å². The van der Waals surface area contributed by atoms with Gasteiger partial charge >= 0.3 is 0 Å². The van der Waals surface area contributed by atoms with Crippen LogP contribution >= 0.6 is 0 Å². The van der Waals surface area contributed by atoms with Crippen LogP contribution in [0.5, 0.6) is 0 Å². The summed E-state index contributed by atoms with van der Waals surface area (Å²) in [5.41, 5.74) is 0.305. The maximum absolute atomic E-state index is 12.7. The average Bonchev–Trinajstić information content (AvgIpc) is 2.92. The molecule has 0 bridgehead atoms. The molecule has 116 valence electrons. The first-order valence-electron chi connectivity index (χ1n) is 6.41. The molecule has 0 spiro atoms. The summed E-state index contributed by atoms with van der Waals surface area (Å²) in [6.07, 6.45) is 3.37. The van der Waals surface area contributed by atoms with Crippen molar-refractivity contribution in [1.82, 2.24) is 13.9 Å². The molecule has 2 rings (SSSR count). The fourth-order valence-corrected chi connectivity index (χ4v) is 3.74. The second kappa shape index (κ2) is 5.63. The Balaban J connectivity index is 2.40. The van der Waals surface area contributed by atoms with Crippen molar-refractivity contribution >= 4 is 10.0 Å². The molecule has 0 unspecified atom stereocenters. The van der Waals surface area contributed by atoms with E-state index in [1.165, 1.54) is 11.4 Å². The number of aliphatic hydroxyl groups is 1. The predicted molar refractivity (Wildman–Crippen MR) is 76.0 cm³/mol. The number of nitrogens with zero attached hydrogens (tertiary/aromatic N) is 3. The van der Waals surface area contributed by atoms with Gasteiger partial charge in [0.05, 0.1) is 13.2 Å². The molecule has 8 heteroatoms. The normalized spacial score (nSPS) is 12.3. The van der Waals surface area contributed by atoms with Gasteiger partial charge in [0.1, 0.15) is 22.2 Å². The molecule has 0 aliphatic heterocycles. The van der Waals surface area contributed by atoms with E-state index in [0.29, 0.717) is 17.1 Å². The second-order valence-electron chi connectivity index (χ2n) is 4.90. The van der Waals surface area contributed by atoms with E-state index in [9.17, 15) is 13.5 Å². The SMILES string of the molecule is Cc1oc(C)c(S(=O)(=O)N(C)Cc2nccn2C)c1CO. The topological polar surface area (TPSA) is 88.6 Å². The van der Waals surface area contributed by atoms with E-state index in [2.05, 4.69) is 4.98 Å². The van der Waals surface area contributed by atoms with Crippen molar-refractivity contribution in [2.45, 2.75) is 31.9 Å². The largest absolute Gasteiger partial charge is 0.465 e. The monoisotopic (exact) mass is 313 g/mol. The van der Waals surface area contributed by atoms with Crippen molar-refractivity contribution in [3.05, 3.63) is 35.3 Å². The minimum atomic E-state index is -3.76. The molecular weight excluding hydrogens is 294 g/mol. The number of hydrogen-bond acceptors (Lipinski definition) is 5. The Morgan fingerprint density at radius 2 is 2.05 bits per heavy atom. The third-order valence-corrected chi connectivity index (χ3v) is 5.44. The number of sulfonamides is 1. The smallest absolute Gasteiger partial charge is 0.247 e. The lowest BCUT2D eigenvalue weighted by Crippen LogP contribution is -2.28. The maximum atomic E-state index is 12.7. The van der Waals surface area contributed by atoms with E-state index in [1.54, 1.807) is 37.9 Å². The van der Waals surface area contributed by atoms with E-state index in [-0.39, 0.29) is 23.8 Å². The van der Waals surface area contributed by atoms with Crippen LogP contribution in [-0.4, -0.2) is 34.4 Å². The fraction of sp³-hybridized carbons (Fsp3) is 0.462. The Morgan fingerprint density at radius 3 is 2.57 bits per heavy atom. The summed E-state index contributed by atoms with van der Waals surface area (Å²) in [7, 11) is -0.478. The zero-order valence-electron chi connectivity index (χ0n) is 12.5. The van der Waals surface area contributed by atoms with Crippen molar-refractivity contribution in [1.29, 1.82) is 0 Å². The van der Waals surface area contributed by atoms with Crippen molar-refractivity contribution in [2.75, 3.05) is 7.05 Å². The number of imidazole rings is 1. The van der Waals surface area contributed by atoms with Gasteiger partial charge in [0.15, 0.2) is 0 Å². The summed E-state index contributed by atoms with van der Waals surface area (Å²) < 4.78 is 33.7. The minimum Gasteiger partial charge on any atom is -0.465 e. The molecule has 0 radical (unpaired) electrons. The molecule has 7 nitrogen and oxygen atoms in total. The molecule has 2 aromatic rings. The van der Waals surface area contributed by atoms with Crippen LogP contribution in [0, 0.1) is 13.8 Å². The van der Waals surface area contributed by atoms with E-state index in [0.717, 1.165) is 0 Å². The number of aryl methyl sites for hydroxylation is 3. The number of rotatable bonds is 5. The van der Waals surface area contributed by atoms with Gasteiger partial charge in [-0.1, -0.05) is 0 Å². The van der Waals surface area contributed by atoms with Gasteiger partial charge in [-0.15, -0.1) is 0 Å². The first-order chi connectivity index (χ1) is 9.78. The van der Waals surface area contributed by atoms with Gasteiger partial charge < -0.3 is 14.1 Å². The summed E-state index contributed by atoms with van der Waals surface area (Å²) in [4.78, 5) is 4.16. The average molecular weight is 313 g/mol. The zero-order valence-corrected chi connectivity index (χ0v) is 13.3. The number of furan rings is 1. The first kappa shape index (κ1) is 15.7. The molecule has 2 aromatic heterocycles. The molecule has 0 saturated heterocycles. The Kier molecular flexibility index (Phi) is 4.22. The zero-order chi connectivity index (χ0) is 15.8. The van der Waals surface area contributed by atoms with E-state index in [4.69, 9.17) is 4.42 Å². The van der Waals surface area contributed by atoms with Crippen LogP contribution in [0.25, 0.3) is 0 Å². The maximum Gasteiger partial charge on any atom is 0.247 e. The van der Waals surface area contributed by atoms with Gasteiger partial charge in [0.25, 0.3) is 0 Å². The van der Waals surface area contributed by atoms with Crippen molar-refractivity contribution in [3.63, 3.8) is 0 Å². The van der Waals surface area contributed by atoms with Gasteiger partial charge in [-0.3, -0.25) is 0 Å². The number of hydrogen-bond donors (Lipinski definition) is 1. The van der Waals surface area contributed by atoms with Gasteiger partial charge in [-0.25, -0.2) is 13.4 Å². The Labute approximate surface area is 123 Å². The summed E-state index contributed by atoms with van der Waals surface area (Å²) in [6, 6.07) is 0. The Hall–Kier alpha value is -1.64. The number of aliphatic hydroxyl groups excluding tert-OH is 1. The summed E-state index contributed by atoms with van der Waals surface area (Å²) in [6.45, 7) is 2.97. The number of aromatic nitrogens is 2. The molecule has 0 saturated carbocycles. The van der Waals surface area contributed by atoms with Crippen LogP contribution < -0.4 is 0 Å². The summed E-state index contributed by atoms with van der Waals surface area (Å²) in [5.74, 6) is 1.33. The summed E-state index contributed by atoms with van der Waals surface area (Å²) in [5, 5.41) is 9.40. The fourth-order valence-electron chi connectivity index (χ4n) is 2.22. The molecular formula is C13H19N3O4S. The molecule has 0 aliphatic carbocycles. The second-order valence-corrected chi connectivity index (χ2v) is 6.88. The Morgan fingerprint density at radius 1 is 1.38 bits per heavy atom. The molecule has 0 atom stereocenters. The van der Waals surface area contributed by atoms with Crippen LogP contribution in [0.4, 0.5) is 0 Å². The molecule has 0 aromatic carbocycles. The molecule has 0 aliphatic rings. The van der Waals surface area contributed by atoms with Crippen molar-refractivity contribution in [3.8, 4) is 0 Å². The van der Waals surface area contributed by atoms with Crippen LogP contribution in [0.1, 0.15) is 22.9 Å². The third kappa shape index (κ3) is 2.74.